The third-order valence-electron chi connectivity index (χ3n) is 5.50. The summed E-state index contributed by atoms with van der Waals surface area (Å²) in [5, 5.41) is 2.46. The molecule has 2 heterocycles. The number of anilines is 2. The highest BCUT2D eigenvalue weighted by Crippen LogP contribution is 2.34. The summed E-state index contributed by atoms with van der Waals surface area (Å²) in [5.74, 6) is -3.07. The molecule has 0 saturated carbocycles. The Morgan fingerprint density at radius 2 is 1.82 bits per heavy atom. The average molecular weight is 570 g/mol. The lowest BCUT2D eigenvalue weighted by Gasteiger charge is -2.14. The summed E-state index contributed by atoms with van der Waals surface area (Å²) in [7, 11) is 0. The number of halogens is 3. The van der Waals surface area contributed by atoms with E-state index >= 15 is 0 Å². The third kappa shape index (κ3) is 6.42. The second-order valence-electron chi connectivity index (χ2n) is 8.53. The Balaban J connectivity index is 1.62. The van der Waals surface area contributed by atoms with Crippen LogP contribution >= 0.6 is 11.6 Å². The van der Waals surface area contributed by atoms with E-state index in [0.29, 0.717) is 5.56 Å². The molecular formula is C27H22ClF2N5O5. The highest BCUT2D eigenvalue weighted by atomic mass is 35.5. The second-order valence-corrected chi connectivity index (χ2v) is 8.90. The van der Waals surface area contributed by atoms with Crippen molar-refractivity contribution in [3.05, 3.63) is 99.6 Å². The molecule has 206 valence electrons. The van der Waals surface area contributed by atoms with Gasteiger partial charge in [-0.05, 0) is 36.8 Å². The number of nitrogen functional groups attached to an aromatic ring is 1. The number of nitrogens with zero attached hydrogens (tertiary/aromatic N) is 2. The maximum Gasteiger partial charge on any atom is 0.324 e. The predicted octanol–water partition coefficient (Wildman–Crippen LogP) is 4.32. The first kappa shape index (κ1) is 28.2. The molecule has 0 aliphatic carbocycles. The van der Waals surface area contributed by atoms with Gasteiger partial charge in [0.05, 0.1) is 0 Å². The summed E-state index contributed by atoms with van der Waals surface area (Å²) in [6, 6.07) is 9.12. The van der Waals surface area contributed by atoms with E-state index in [1.54, 1.807) is 0 Å². The quantitative estimate of drug-likeness (QED) is 0.265. The summed E-state index contributed by atoms with van der Waals surface area (Å²) >= 11 is 6.03. The van der Waals surface area contributed by atoms with Gasteiger partial charge in [0.25, 0.3) is 5.91 Å². The molecule has 0 spiro atoms. The Morgan fingerprint density at radius 3 is 2.50 bits per heavy atom. The summed E-state index contributed by atoms with van der Waals surface area (Å²) in [4.78, 5) is 42.0. The number of aromatic nitrogens is 2. The molecule has 1 amide bonds. The Labute approximate surface area is 231 Å². The van der Waals surface area contributed by atoms with E-state index in [4.69, 9.17) is 32.5 Å². The summed E-state index contributed by atoms with van der Waals surface area (Å²) in [6.45, 7) is 1.07. The van der Waals surface area contributed by atoms with Gasteiger partial charge in [-0.25, -0.2) is 13.8 Å². The van der Waals surface area contributed by atoms with Crippen LogP contribution in [-0.4, -0.2) is 27.5 Å². The summed E-state index contributed by atoms with van der Waals surface area (Å²) in [5.41, 5.74) is 10.5. The van der Waals surface area contributed by atoms with Gasteiger partial charge in [0, 0.05) is 42.0 Å². The van der Waals surface area contributed by atoms with Crippen LogP contribution in [0.25, 0.3) is 11.1 Å². The van der Waals surface area contributed by atoms with E-state index in [1.807, 2.05) is 0 Å². The van der Waals surface area contributed by atoms with Gasteiger partial charge in [-0.3, -0.25) is 14.4 Å². The fourth-order valence-electron chi connectivity index (χ4n) is 3.47. The van der Waals surface area contributed by atoms with Gasteiger partial charge in [0.2, 0.25) is 5.43 Å². The Morgan fingerprint density at radius 1 is 1.10 bits per heavy atom. The van der Waals surface area contributed by atoms with Crippen LogP contribution in [-0.2, 0) is 16.3 Å². The summed E-state index contributed by atoms with van der Waals surface area (Å²) < 4.78 is 40.1. The van der Waals surface area contributed by atoms with Crippen LogP contribution in [0.15, 0.2) is 71.9 Å². The topological polar surface area (TPSA) is 152 Å². The molecule has 4 rings (SSSR count). The highest BCUT2D eigenvalue weighted by Gasteiger charge is 2.19. The highest BCUT2D eigenvalue weighted by molar-refractivity contribution is 6.34. The van der Waals surface area contributed by atoms with Crippen LogP contribution in [0.4, 0.5) is 20.3 Å². The number of benzene rings is 2. The summed E-state index contributed by atoms with van der Waals surface area (Å²) in [6.07, 6.45) is 3.86. The van der Waals surface area contributed by atoms with Crippen molar-refractivity contribution in [2.45, 2.75) is 19.7 Å². The lowest BCUT2D eigenvalue weighted by atomic mass is 10.0. The number of pyridine rings is 2. The van der Waals surface area contributed by atoms with E-state index in [1.165, 1.54) is 60.4 Å². The predicted molar refractivity (Wildman–Crippen MR) is 144 cm³/mol. The molecule has 13 heteroatoms. The van der Waals surface area contributed by atoms with Crippen LogP contribution in [0.5, 0.6) is 11.5 Å². The molecule has 5 N–H and O–H groups in total. The van der Waals surface area contributed by atoms with Crippen molar-refractivity contribution in [3.8, 4) is 22.6 Å². The Bertz CT molecular complexity index is 1640. The van der Waals surface area contributed by atoms with Crippen LogP contribution in [0.1, 0.15) is 17.3 Å². The molecule has 0 saturated heterocycles. The maximum absolute atomic E-state index is 14.8. The zero-order chi connectivity index (χ0) is 29.0. The standard InChI is InChI=1S/C27H22ClF2N5O5/c1-14(31)27(38)39-13-35-11-18(15-2-4-16(29)5-3-15)24(36)19(12-35)26(37)34-17-6-7-21(20(30)10-17)40-22-8-9-33-25(32)23(22)28/h2-12,14H,13,31H2,1H3,(H2,32,33)(H,34,37). The average Bonchev–Trinajstić information content (AvgIpc) is 2.92. The van der Waals surface area contributed by atoms with Crippen LogP contribution in [0.3, 0.4) is 0 Å². The van der Waals surface area contributed by atoms with Gasteiger partial charge >= 0.3 is 5.97 Å². The number of ether oxygens (including phenoxy) is 2. The fraction of sp³-hybridized carbons (Fsp3) is 0.111. The molecule has 2 aromatic carbocycles. The first-order valence-corrected chi connectivity index (χ1v) is 12.0. The smallest absolute Gasteiger partial charge is 0.324 e. The number of esters is 1. The number of carbonyl (C=O) groups is 2. The Kier molecular flexibility index (Phi) is 8.41. The molecule has 1 atom stereocenters. The van der Waals surface area contributed by atoms with Crippen LogP contribution in [0, 0.1) is 11.6 Å². The number of nitrogens with one attached hydrogen (secondary N) is 1. The van der Waals surface area contributed by atoms with Gasteiger partial charge < -0.3 is 30.8 Å². The van der Waals surface area contributed by atoms with Gasteiger partial charge in [-0.15, -0.1) is 0 Å². The third-order valence-corrected chi connectivity index (χ3v) is 5.88. The zero-order valence-electron chi connectivity index (χ0n) is 20.9. The molecule has 0 aliphatic rings. The van der Waals surface area contributed by atoms with Gasteiger partial charge in [-0.1, -0.05) is 23.7 Å². The van der Waals surface area contributed by atoms with E-state index in [0.717, 1.165) is 18.2 Å². The molecule has 40 heavy (non-hydrogen) atoms. The number of rotatable bonds is 8. The van der Waals surface area contributed by atoms with Crippen molar-refractivity contribution < 1.29 is 27.8 Å². The minimum Gasteiger partial charge on any atom is -0.453 e. The monoisotopic (exact) mass is 569 g/mol. The number of hydrogen-bond donors (Lipinski definition) is 3. The first-order valence-electron chi connectivity index (χ1n) is 11.6. The second kappa shape index (κ2) is 11.9. The van der Waals surface area contributed by atoms with Gasteiger partial charge in [0.1, 0.15) is 28.3 Å². The lowest BCUT2D eigenvalue weighted by Crippen LogP contribution is -2.30. The molecule has 0 fully saturated rings. The SMILES string of the molecule is CC(N)C(=O)OCn1cc(C(=O)Nc2ccc(Oc3ccnc(N)c3Cl)c(F)c2)c(=O)c(-c2ccc(F)cc2)c1. The number of nitrogens with two attached hydrogens (primary N) is 2. The van der Waals surface area contributed by atoms with Gasteiger partial charge in [0.15, 0.2) is 24.0 Å². The van der Waals surface area contributed by atoms with Crippen molar-refractivity contribution in [1.29, 1.82) is 0 Å². The van der Waals surface area contributed by atoms with E-state index in [2.05, 4.69) is 10.3 Å². The Hall–Kier alpha value is -4.81. The zero-order valence-corrected chi connectivity index (χ0v) is 21.6. The van der Waals surface area contributed by atoms with Crippen molar-refractivity contribution in [1.82, 2.24) is 9.55 Å². The maximum atomic E-state index is 14.8. The number of hydrogen-bond acceptors (Lipinski definition) is 8. The lowest BCUT2D eigenvalue weighted by molar-refractivity contribution is -0.148. The normalized spacial score (nSPS) is 11.5. The van der Waals surface area contributed by atoms with E-state index in [-0.39, 0.29) is 45.9 Å². The van der Waals surface area contributed by atoms with Crippen LogP contribution in [0.2, 0.25) is 5.02 Å². The molecular weight excluding hydrogens is 548 g/mol. The van der Waals surface area contributed by atoms with Crippen molar-refractivity contribution in [3.63, 3.8) is 0 Å². The number of carbonyl (C=O) groups excluding carboxylic acids is 2. The van der Waals surface area contributed by atoms with E-state index in [9.17, 15) is 23.2 Å². The van der Waals surface area contributed by atoms with E-state index < -0.39 is 35.0 Å². The number of amides is 1. The van der Waals surface area contributed by atoms with Crippen molar-refractivity contribution in [2.24, 2.45) is 5.73 Å². The molecule has 0 radical (unpaired) electrons. The fourth-order valence-corrected chi connectivity index (χ4v) is 3.62. The molecule has 2 aromatic heterocycles. The largest absolute Gasteiger partial charge is 0.453 e. The minimum absolute atomic E-state index is 0.00296. The minimum atomic E-state index is -0.896. The van der Waals surface area contributed by atoms with Gasteiger partial charge in [-0.2, -0.15) is 0 Å². The van der Waals surface area contributed by atoms with Crippen molar-refractivity contribution >= 4 is 35.0 Å². The molecule has 10 nitrogen and oxygen atoms in total. The van der Waals surface area contributed by atoms with Crippen molar-refractivity contribution in [2.75, 3.05) is 11.1 Å². The molecule has 0 bridgehead atoms. The molecule has 4 aromatic rings. The van der Waals surface area contributed by atoms with Crippen LogP contribution < -0.4 is 26.9 Å². The molecule has 0 aliphatic heterocycles. The molecule has 1 unspecified atom stereocenters. The first-order chi connectivity index (χ1) is 19.0.